The summed E-state index contributed by atoms with van der Waals surface area (Å²) in [6.07, 6.45) is 1.28. The van der Waals surface area contributed by atoms with E-state index >= 15 is 0 Å². The molecule has 1 aliphatic heterocycles. The van der Waals surface area contributed by atoms with Gasteiger partial charge in [0.1, 0.15) is 5.82 Å². The first kappa shape index (κ1) is 15.3. The molecule has 0 bridgehead atoms. The van der Waals surface area contributed by atoms with E-state index in [0.717, 1.165) is 12.8 Å². The molecule has 0 radical (unpaired) electrons. The van der Waals surface area contributed by atoms with Gasteiger partial charge in [-0.05, 0) is 59.8 Å². The minimum Gasteiger partial charge on any atom is -0.393 e. The molecule has 1 fully saturated rings. The zero-order chi connectivity index (χ0) is 14.7. The van der Waals surface area contributed by atoms with Crippen LogP contribution in [0.1, 0.15) is 19.8 Å². The number of carbonyl (C=O) groups excluding carboxylic acids is 1. The molecule has 1 unspecified atom stereocenters. The smallest absolute Gasteiger partial charge is 0.321 e. The lowest BCUT2D eigenvalue weighted by molar-refractivity contribution is 0.0820. The number of benzene rings is 1. The second-order valence-corrected chi connectivity index (χ2v) is 5.97. The summed E-state index contributed by atoms with van der Waals surface area (Å²) in [5.74, 6) is -0.0933. The van der Waals surface area contributed by atoms with Crippen LogP contribution in [-0.4, -0.2) is 35.2 Å². The summed E-state index contributed by atoms with van der Waals surface area (Å²) in [4.78, 5) is 13.8. The Kier molecular flexibility index (Phi) is 4.99. The number of nitrogens with zero attached hydrogens (tertiary/aromatic N) is 1. The first-order valence-electron chi connectivity index (χ1n) is 6.66. The number of carbonyl (C=O) groups is 1. The Labute approximate surface area is 126 Å². The van der Waals surface area contributed by atoms with Crippen LogP contribution in [0.3, 0.4) is 0 Å². The number of likely N-dealkylation sites (tertiary alicyclic amines) is 1. The summed E-state index contributed by atoms with van der Waals surface area (Å²) < 4.78 is 13.5. The maximum atomic E-state index is 13.0. The molecule has 110 valence electrons. The average Bonchev–Trinajstić information content (AvgIpc) is 2.42. The van der Waals surface area contributed by atoms with Crippen molar-refractivity contribution in [1.82, 2.24) is 4.90 Å². The van der Waals surface area contributed by atoms with Crippen molar-refractivity contribution in [2.45, 2.75) is 25.9 Å². The maximum Gasteiger partial charge on any atom is 0.321 e. The first-order chi connectivity index (χ1) is 9.47. The fourth-order valence-electron chi connectivity index (χ4n) is 2.37. The number of hydrogen-bond donors (Lipinski definition) is 2. The minimum atomic E-state index is -0.354. The van der Waals surface area contributed by atoms with Crippen LogP contribution >= 0.6 is 15.9 Å². The fourth-order valence-corrected chi connectivity index (χ4v) is 2.82. The summed E-state index contributed by atoms with van der Waals surface area (Å²) >= 11 is 3.22. The maximum absolute atomic E-state index is 13.0. The lowest BCUT2D eigenvalue weighted by Gasteiger charge is -2.33. The van der Waals surface area contributed by atoms with Crippen LogP contribution in [0.4, 0.5) is 14.9 Å². The van der Waals surface area contributed by atoms with Gasteiger partial charge >= 0.3 is 6.03 Å². The van der Waals surface area contributed by atoms with E-state index in [1.807, 2.05) is 0 Å². The van der Waals surface area contributed by atoms with E-state index in [2.05, 4.69) is 21.2 Å². The largest absolute Gasteiger partial charge is 0.393 e. The van der Waals surface area contributed by atoms with Crippen LogP contribution < -0.4 is 5.32 Å². The molecule has 1 saturated heterocycles. The number of aliphatic hydroxyl groups excluding tert-OH is 1. The fraction of sp³-hybridized carbons (Fsp3) is 0.500. The molecular weight excluding hydrogens is 327 g/mol. The summed E-state index contributed by atoms with van der Waals surface area (Å²) in [6, 6.07) is 3.95. The van der Waals surface area contributed by atoms with Gasteiger partial charge in [0.25, 0.3) is 0 Å². The lowest BCUT2D eigenvalue weighted by atomic mass is 9.92. The molecule has 1 aromatic rings. The zero-order valence-electron chi connectivity index (χ0n) is 11.3. The summed E-state index contributed by atoms with van der Waals surface area (Å²) in [6.45, 7) is 3.04. The van der Waals surface area contributed by atoms with E-state index < -0.39 is 0 Å². The highest BCUT2D eigenvalue weighted by Gasteiger charge is 2.25. The zero-order valence-corrected chi connectivity index (χ0v) is 12.9. The minimum absolute atomic E-state index is 0.193. The highest BCUT2D eigenvalue weighted by atomic mass is 79.9. The molecule has 20 heavy (non-hydrogen) atoms. The highest BCUT2D eigenvalue weighted by Crippen LogP contribution is 2.25. The number of amides is 2. The molecule has 0 aromatic heterocycles. The average molecular weight is 345 g/mol. The van der Waals surface area contributed by atoms with Crippen molar-refractivity contribution < 1.29 is 14.3 Å². The van der Waals surface area contributed by atoms with Gasteiger partial charge in [-0.15, -0.1) is 0 Å². The number of urea groups is 1. The molecule has 1 aliphatic rings. The van der Waals surface area contributed by atoms with E-state index in [9.17, 15) is 14.3 Å². The Morgan fingerprint density at radius 3 is 2.70 bits per heavy atom. The summed E-state index contributed by atoms with van der Waals surface area (Å²) in [7, 11) is 0. The van der Waals surface area contributed by atoms with Gasteiger partial charge in [0.2, 0.25) is 0 Å². The predicted molar refractivity (Wildman–Crippen MR) is 79.1 cm³/mol. The van der Waals surface area contributed by atoms with Gasteiger partial charge in [0, 0.05) is 17.6 Å². The molecule has 0 spiro atoms. The van der Waals surface area contributed by atoms with E-state index in [1.54, 1.807) is 11.8 Å². The van der Waals surface area contributed by atoms with Gasteiger partial charge in [-0.2, -0.15) is 0 Å². The van der Waals surface area contributed by atoms with Crippen LogP contribution in [0, 0.1) is 11.7 Å². The van der Waals surface area contributed by atoms with E-state index in [0.29, 0.717) is 23.2 Å². The Bertz CT molecular complexity index is 488. The molecular formula is C14H18BrFN2O2. The number of halogens is 2. The number of aliphatic hydroxyl groups is 1. The molecule has 2 N–H and O–H groups in total. The van der Waals surface area contributed by atoms with Crippen molar-refractivity contribution in [2.24, 2.45) is 5.92 Å². The second-order valence-electron chi connectivity index (χ2n) is 5.12. The Morgan fingerprint density at radius 2 is 2.15 bits per heavy atom. The van der Waals surface area contributed by atoms with Crippen molar-refractivity contribution in [3.05, 3.63) is 28.5 Å². The molecule has 1 atom stereocenters. The highest BCUT2D eigenvalue weighted by molar-refractivity contribution is 9.10. The molecule has 0 aliphatic carbocycles. The molecule has 2 amide bonds. The number of hydrogen-bond acceptors (Lipinski definition) is 2. The van der Waals surface area contributed by atoms with E-state index in [1.165, 1.54) is 18.2 Å². The number of rotatable bonds is 2. The van der Waals surface area contributed by atoms with Crippen LogP contribution in [0.25, 0.3) is 0 Å². The van der Waals surface area contributed by atoms with E-state index in [4.69, 9.17) is 0 Å². The van der Waals surface area contributed by atoms with Gasteiger partial charge in [0.15, 0.2) is 0 Å². The van der Waals surface area contributed by atoms with Gasteiger partial charge in [-0.3, -0.25) is 0 Å². The molecule has 1 heterocycles. The third-order valence-corrected chi connectivity index (χ3v) is 4.34. The first-order valence-corrected chi connectivity index (χ1v) is 7.45. The van der Waals surface area contributed by atoms with Crippen molar-refractivity contribution in [3.63, 3.8) is 0 Å². The number of piperidine rings is 1. The third kappa shape index (κ3) is 3.70. The molecule has 2 rings (SSSR count). The van der Waals surface area contributed by atoms with Crippen LogP contribution in [0.15, 0.2) is 22.7 Å². The van der Waals surface area contributed by atoms with Gasteiger partial charge in [-0.25, -0.2) is 9.18 Å². The Hall–Kier alpha value is -1.14. The number of anilines is 1. The lowest BCUT2D eigenvalue weighted by Crippen LogP contribution is -2.42. The van der Waals surface area contributed by atoms with Crippen molar-refractivity contribution in [2.75, 3.05) is 18.4 Å². The predicted octanol–water partition coefficient (Wildman–Crippen LogP) is 3.21. The van der Waals surface area contributed by atoms with Crippen molar-refractivity contribution in [3.8, 4) is 0 Å². The van der Waals surface area contributed by atoms with E-state index in [-0.39, 0.29) is 23.9 Å². The topological polar surface area (TPSA) is 52.6 Å². The monoisotopic (exact) mass is 344 g/mol. The molecule has 0 saturated carbocycles. The van der Waals surface area contributed by atoms with Gasteiger partial charge in [-0.1, -0.05) is 0 Å². The Balaban J connectivity index is 1.93. The molecule has 6 heteroatoms. The quantitative estimate of drug-likeness (QED) is 0.865. The molecule has 1 aromatic carbocycles. The Morgan fingerprint density at radius 1 is 1.50 bits per heavy atom. The summed E-state index contributed by atoms with van der Waals surface area (Å²) in [5, 5.41) is 12.3. The van der Waals surface area contributed by atoms with Crippen LogP contribution in [-0.2, 0) is 0 Å². The third-order valence-electron chi connectivity index (χ3n) is 3.68. The summed E-state index contributed by atoms with van der Waals surface area (Å²) in [5.41, 5.74) is 0.550. The van der Waals surface area contributed by atoms with Crippen molar-refractivity contribution >= 4 is 27.6 Å². The van der Waals surface area contributed by atoms with Gasteiger partial charge in [0.05, 0.1) is 11.8 Å². The normalized spacial score (nSPS) is 17.9. The SMILES string of the molecule is CC(O)C1CCN(C(=O)Nc2ccc(F)cc2Br)CC1. The van der Waals surface area contributed by atoms with Gasteiger partial charge < -0.3 is 15.3 Å². The standard InChI is InChI=1S/C14H18BrFN2O2/c1-9(19)10-4-6-18(7-5-10)14(20)17-13-3-2-11(16)8-12(13)15/h2-3,8-10,19H,4-7H2,1H3,(H,17,20). The second kappa shape index (κ2) is 6.54. The molecule has 4 nitrogen and oxygen atoms in total. The van der Waals surface area contributed by atoms with Crippen LogP contribution in [0.5, 0.6) is 0 Å². The van der Waals surface area contributed by atoms with Crippen molar-refractivity contribution in [1.29, 1.82) is 0 Å². The number of nitrogens with one attached hydrogen (secondary N) is 1. The van der Waals surface area contributed by atoms with Crippen LogP contribution in [0.2, 0.25) is 0 Å².